The van der Waals surface area contributed by atoms with Crippen LogP contribution < -0.4 is 0 Å². The molecule has 3 nitrogen and oxygen atoms in total. The molecule has 1 aliphatic carbocycles. The van der Waals surface area contributed by atoms with Crippen LogP contribution in [-0.4, -0.2) is 21.8 Å². The molecule has 2 aromatic rings. The number of aliphatic carboxylic acids is 1. The maximum Gasteiger partial charge on any atom is 0.309 e. The number of aromatic nitrogens is 1. The predicted octanol–water partition coefficient (Wildman–Crippen LogP) is 3.98. The predicted molar refractivity (Wildman–Crippen MR) is 86.3 cm³/mol. The summed E-state index contributed by atoms with van der Waals surface area (Å²) in [5.74, 6) is 0.793. The van der Waals surface area contributed by atoms with E-state index in [0.29, 0.717) is 11.6 Å². The Balaban J connectivity index is 1.63. The number of carboxylic acid groups (broad SMARTS) is 1. The van der Waals surface area contributed by atoms with Crippen LogP contribution in [0.1, 0.15) is 35.6 Å². The van der Waals surface area contributed by atoms with Gasteiger partial charge in [-0.25, -0.2) is 4.98 Å². The van der Waals surface area contributed by atoms with Crippen LogP contribution in [0.15, 0.2) is 34.0 Å². The fourth-order valence-electron chi connectivity index (χ4n) is 2.79. The largest absolute Gasteiger partial charge is 0.481 e. The zero-order valence-electron chi connectivity index (χ0n) is 11.6. The zero-order valence-corrected chi connectivity index (χ0v) is 13.3. The fraction of sp³-hybridized carbons (Fsp3) is 0.375. The van der Waals surface area contributed by atoms with Gasteiger partial charge in [0, 0.05) is 11.1 Å². The highest BCUT2D eigenvalue weighted by Gasteiger charge is 2.20. The van der Waals surface area contributed by atoms with Crippen molar-refractivity contribution in [1.29, 1.82) is 0 Å². The average Bonchev–Trinajstić information content (AvgIpc) is 2.92. The highest BCUT2D eigenvalue weighted by atomic mass is 32.2. The number of aryl methyl sites for hydroxylation is 1. The summed E-state index contributed by atoms with van der Waals surface area (Å²) in [6, 6.07) is 8.72. The summed E-state index contributed by atoms with van der Waals surface area (Å²) >= 11 is 3.30. The summed E-state index contributed by atoms with van der Waals surface area (Å²) in [5.41, 5.74) is 3.64. The molecule has 0 amide bonds. The van der Waals surface area contributed by atoms with E-state index in [1.165, 1.54) is 30.4 Å². The van der Waals surface area contributed by atoms with E-state index in [1.807, 2.05) is 5.38 Å². The molecule has 1 heterocycles. The first-order chi connectivity index (χ1) is 10.2. The minimum absolute atomic E-state index is 0.0172. The van der Waals surface area contributed by atoms with E-state index in [0.717, 1.165) is 10.1 Å². The van der Waals surface area contributed by atoms with Crippen LogP contribution in [0.3, 0.4) is 0 Å². The monoisotopic (exact) mass is 319 g/mol. The number of benzene rings is 1. The lowest BCUT2D eigenvalue weighted by molar-refractivity contribution is -0.136. The van der Waals surface area contributed by atoms with Crippen molar-refractivity contribution < 1.29 is 9.90 Å². The summed E-state index contributed by atoms with van der Waals surface area (Å²) in [6.45, 7) is 0. The number of nitrogens with zero attached hydrogens (tertiary/aromatic N) is 1. The molecular formula is C16H17NO2S2. The summed E-state index contributed by atoms with van der Waals surface area (Å²) in [6.07, 6.45) is 3.70. The van der Waals surface area contributed by atoms with Gasteiger partial charge >= 0.3 is 5.97 Å². The minimum atomic E-state index is -0.821. The zero-order chi connectivity index (χ0) is 14.7. The Labute approximate surface area is 132 Å². The van der Waals surface area contributed by atoms with Crippen molar-refractivity contribution in [2.24, 2.45) is 0 Å². The van der Waals surface area contributed by atoms with E-state index in [-0.39, 0.29) is 6.42 Å². The van der Waals surface area contributed by atoms with Gasteiger partial charge in [0.05, 0.1) is 12.1 Å². The number of hydrogen-bond acceptors (Lipinski definition) is 4. The normalized spacial score (nSPS) is 17.4. The molecule has 5 heteroatoms. The summed E-state index contributed by atoms with van der Waals surface area (Å²) in [5, 5.41) is 10.6. The molecule has 0 bridgehead atoms. The SMILES string of the molecule is O=C(O)Cc1csc(SCC2CCCc3ccccc32)n1. The maximum absolute atomic E-state index is 10.7. The van der Waals surface area contributed by atoms with Crippen molar-refractivity contribution in [3.63, 3.8) is 0 Å². The summed E-state index contributed by atoms with van der Waals surface area (Å²) in [4.78, 5) is 15.1. The number of carbonyl (C=O) groups is 1. The Hall–Kier alpha value is -1.33. The van der Waals surface area contributed by atoms with E-state index >= 15 is 0 Å². The van der Waals surface area contributed by atoms with Crippen molar-refractivity contribution >= 4 is 29.1 Å². The smallest absolute Gasteiger partial charge is 0.309 e. The number of carboxylic acids is 1. The van der Waals surface area contributed by atoms with Crippen molar-refractivity contribution in [2.45, 2.75) is 35.9 Å². The van der Waals surface area contributed by atoms with Crippen LogP contribution >= 0.6 is 23.1 Å². The molecule has 0 saturated carbocycles. The molecule has 3 rings (SSSR count). The molecule has 0 saturated heterocycles. The Morgan fingerprint density at radius 3 is 3.14 bits per heavy atom. The number of thioether (sulfide) groups is 1. The third-order valence-electron chi connectivity index (χ3n) is 3.76. The summed E-state index contributed by atoms with van der Waals surface area (Å²) < 4.78 is 0.981. The van der Waals surface area contributed by atoms with Gasteiger partial charge in [-0.3, -0.25) is 4.79 Å². The van der Waals surface area contributed by atoms with Gasteiger partial charge in [0.25, 0.3) is 0 Å². The number of hydrogen-bond donors (Lipinski definition) is 1. The summed E-state index contributed by atoms with van der Waals surface area (Å²) in [7, 11) is 0. The van der Waals surface area contributed by atoms with Gasteiger partial charge in [-0.2, -0.15) is 0 Å². The van der Waals surface area contributed by atoms with Gasteiger partial charge in [0.2, 0.25) is 0 Å². The first-order valence-electron chi connectivity index (χ1n) is 7.09. The number of rotatable bonds is 5. The lowest BCUT2D eigenvalue weighted by Crippen LogP contribution is -2.11. The molecular weight excluding hydrogens is 302 g/mol. The molecule has 1 N–H and O–H groups in total. The van der Waals surface area contributed by atoms with Gasteiger partial charge in [-0.15, -0.1) is 11.3 Å². The first kappa shape index (κ1) is 14.6. The number of fused-ring (bicyclic) bond motifs is 1. The molecule has 1 atom stereocenters. The lowest BCUT2D eigenvalue weighted by atomic mass is 9.84. The van der Waals surface area contributed by atoms with E-state index in [9.17, 15) is 4.79 Å². The van der Waals surface area contributed by atoms with Crippen LogP contribution in [0.4, 0.5) is 0 Å². The molecule has 1 unspecified atom stereocenters. The number of thiazole rings is 1. The average molecular weight is 319 g/mol. The van der Waals surface area contributed by atoms with E-state index in [1.54, 1.807) is 23.1 Å². The fourth-order valence-corrected chi connectivity index (χ4v) is 4.83. The van der Waals surface area contributed by atoms with Crippen molar-refractivity contribution in [3.8, 4) is 0 Å². The lowest BCUT2D eigenvalue weighted by Gasteiger charge is -2.24. The van der Waals surface area contributed by atoms with Crippen LogP contribution in [-0.2, 0) is 17.6 Å². The second-order valence-electron chi connectivity index (χ2n) is 5.27. The molecule has 0 aliphatic heterocycles. The van der Waals surface area contributed by atoms with Crippen molar-refractivity contribution in [3.05, 3.63) is 46.5 Å². The molecule has 0 spiro atoms. The Morgan fingerprint density at radius 1 is 1.43 bits per heavy atom. The Kier molecular flexibility index (Phi) is 4.60. The third-order valence-corrected chi connectivity index (χ3v) is 6.00. The maximum atomic E-state index is 10.7. The second-order valence-corrected chi connectivity index (χ2v) is 7.40. The first-order valence-corrected chi connectivity index (χ1v) is 8.95. The molecule has 1 aliphatic rings. The Bertz CT molecular complexity index is 639. The molecule has 0 radical (unpaired) electrons. The van der Waals surface area contributed by atoms with Gasteiger partial charge < -0.3 is 5.11 Å². The van der Waals surface area contributed by atoms with Gasteiger partial charge in [-0.05, 0) is 36.3 Å². The van der Waals surface area contributed by atoms with Crippen LogP contribution in [0.25, 0.3) is 0 Å². The topological polar surface area (TPSA) is 50.2 Å². The van der Waals surface area contributed by atoms with Crippen molar-refractivity contribution in [1.82, 2.24) is 4.98 Å². The van der Waals surface area contributed by atoms with Crippen LogP contribution in [0.2, 0.25) is 0 Å². The highest BCUT2D eigenvalue weighted by Crippen LogP contribution is 2.36. The van der Waals surface area contributed by atoms with Crippen LogP contribution in [0.5, 0.6) is 0 Å². The third kappa shape index (κ3) is 3.66. The van der Waals surface area contributed by atoms with E-state index in [4.69, 9.17) is 5.11 Å². The molecule has 21 heavy (non-hydrogen) atoms. The molecule has 1 aromatic heterocycles. The molecule has 110 valence electrons. The molecule has 0 fully saturated rings. The van der Waals surface area contributed by atoms with Crippen molar-refractivity contribution in [2.75, 3.05) is 5.75 Å². The molecule has 1 aromatic carbocycles. The van der Waals surface area contributed by atoms with Gasteiger partial charge in [0.1, 0.15) is 4.34 Å². The highest BCUT2D eigenvalue weighted by molar-refractivity contribution is 8.01. The van der Waals surface area contributed by atoms with E-state index < -0.39 is 5.97 Å². The quantitative estimate of drug-likeness (QED) is 0.847. The van der Waals surface area contributed by atoms with Gasteiger partial charge in [0.15, 0.2) is 0 Å². The minimum Gasteiger partial charge on any atom is -0.481 e. The standard InChI is InChI=1S/C16H17NO2S2/c18-15(19)8-13-10-21-16(17-13)20-9-12-6-3-5-11-4-1-2-7-14(11)12/h1-2,4,7,10,12H,3,5-6,8-9H2,(H,18,19). The van der Waals surface area contributed by atoms with Gasteiger partial charge in [-0.1, -0.05) is 36.0 Å². The Morgan fingerprint density at radius 2 is 2.29 bits per heavy atom. The second kappa shape index (κ2) is 6.62. The van der Waals surface area contributed by atoms with E-state index in [2.05, 4.69) is 29.2 Å². The van der Waals surface area contributed by atoms with Crippen LogP contribution in [0, 0.1) is 0 Å².